The van der Waals surface area contributed by atoms with E-state index in [1.165, 1.54) is 16.8 Å². The van der Waals surface area contributed by atoms with E-state index in [9.17, 15) is 14.4 Å². The second-order valence-corrected chi connectivity index (χ2v) is 8.71. The van der Waals surface area contributed by atoms with E-state index in [2.05, 4.69) is 47.6 Å². The van der Waals surface area contributed by atoms with Crippen LogP contribution in [0, 0.1) is 13.8 Å². The summed E-state index contributed by atoms with van der Waals surface area (Å²) in [4.78, 5) is 41.5. The Bertz CT molecular complexity index is 1040. The predicted molar refractivity (Wildman–Crippen MR) is 124 cm³/mol. The molecule has 2 aromatic carbocycles. The summed E-state index contributed by atoms with van der Waals surface area (Å²) < 4.78 is 0. The maximum absolute atomic E-state index is 13.1. The average Bonchev–Trinajstić information content (AvgIpc) is 3.07. The van der Waals surface area contributed by atoms with Gasteiger partial charge in [0.05, 0.1) is 0 Å². The molecular weight excluding hydrogens is 404 g/mol. The summed E-state index contributed by atoms with van der Waals surface area (Å²) in [5.41, 5.74) is 3.95. The molecule has 0 spiro atoms. The fraction of sp³-hybridized carbons (Fsp3) is 0.400. The van der Waals surface area contributed by atoms with Crippen molar-refractivity contribution in [2.45, 2.75) is 39.2 Å². The monoisotopic (exact) mass is 434 g/mol. The Morgan fingerprint density at radius 1 is 1.00 bits per heavy atom. The van der Waals surface area contributed by atoms with E-state index in [0.717, 1.165) is 19.5 Å². The zero-order chi connectivity index (χ0) is 22.9. The van der Waals surface area contributed by atoms with Gasteiger partial charge in [-0.25, -0.2) is 4.79 Å². The van der Waals surface area contributed by atoms with Gasteiger partial charge in [0.15, 0.2) is 0 Å². The van der Waals surface area contributed by atoms with Crippen LogP contribution < -0.4 is 15.5 Å². The molecule has 32 heavy (non-hydrogen) atoms. The minimum absolute atomic E-state index is 0.0127. The van der Waals surface area contributed by atoms with Crippen LogP contribution in [0.15, 0.2) is 42.5 Å². The Kier molecular flexibility index (Phi) is 5.91. The Hall–Kier alpha value is -3.35. The van der Waals surface area contributed by atoms with Gasteiger partial charge in [-0.2, -0.15) is 0 Å². The Morgan fingerprint density at radius 3 is 2.25 bits per heavy atom. The summed E-state index contributed by atoms with van der Waals surface area (Å²) in [6.45, 7) is 9.09. The number of benzene rings is 2. The van der Waals surface area contributed by atoms with Gasteiger partial charge >= 0.3 is 6.03 Å². The van der Waals surface area contributed by atoms with Gasteiger partial charge in [-0.3, -0.25) is 14.9 Å². The molecule has 4 rings (SSSR count). The van der Waals surface area contributed by atoms with Crippen molar-refractivity contribution >= 4 is 23.5 Å². The van der Waals surface area contributed by atoms with Gasteiger partial charge in [0.2, 0.25) is 0 Å². The Labute approximate surface area is 188 Å². The number of anilines is 1. The summed E-state index contributed by atoms with van der Waals surface area (Å²) in [5, 5.41) is 5.11. The van der Waals surface area contributed by atoms with Crippen molar-refractivity contribution in [3.63, 3.8) is 0 Å². The first-order chi connectivity index (χ1) is 15.3. The molecule has 0 bridgehead atoms. The number of hydrogen-bond donors (Lipinski definition) is 2. The van der Waals surface area contributed by atoms with Crippen LogP contribution in [0.1, 0.15) is 46.8 Å². The van der Waals surface area contributed by atoms with Gasteiger partial charge in [0, 0.05) is 37.4 Å². The average molecular weight is 435 g/mol. The molecule has 2 aliphatic heterocycles. The van der Waals surface area contributed by atoms with Crippen molar-refractivity contribution in [3.05, 3.63) is 64.7 Å². The lowest BCUT2D eigenvalue weighted by Gasteiger charge is -2.37. The highest BCUT2D eigenvalue weighted by Crippen LogP contribution is 2.30. The van der Waals surface area contributed by atoms with Crippen molar-refractivity contribution < 1.29 is 14.4 Å². The maximum atomic E-state index is 13.1. The molecule has 2 N–H and O–H groups in total. The minimum Gasteiger partial charge on any atom is -0.368 e. The number of carbonyl (C=O) groups excluding carboxylic acids is 3. The highest BCUT2D eigenvalue weighted by Gasteiger charge is 2.46. The van der Waals surface area contributed by atoms with Crippen LogP contribution in [0.4, 0.5) is 10.5 Å². The number of aryl methyl sites for hydroxylation is 2. The topological polar surface area (TPSA) is 81.8 Å². The summed E-state index contributed by atoms with van der Waals surface area (Å²) >= 11 is 0. The molecule has 7 nitrogen and oxygen atoms in total. The summed E-state index contributed by atoms with van der Waals surface area (Å²) in [7, 11) is 0. The van der Waals surface area contributed by atoms with Crippen LogP contribution in [-0.4, -0.2) is 48.9 Å². The number of imide groups is 1. The number of piperazine rings is 1. The largest absolute Gasteiger partial charge is 0.368 e. The molecule has 1 atom stereocenters. The summed E-state index contributed by atoms with van der Waals surface area (Å²) in [6.07, 6.45) is 1.23. The third kappa shape index (κ3) is 3.95. The SMILES string of the molecule is CCCC1(c2ccc(C(=O)N3CCN(c4ccc(C)cc4C)CC3)cc2)NC(=O)NC1=O. The van der Waals surface area contributed by atoms with Gasteiger partial charge in [0.1, 0.15) is 5.54 Å². The van der Waals surface area contributed by atoms with Gasteiger partial charge in [-0.15, -0.1) is 0 Å². The molecule has 2 aliphatic rings. The van der Waals surface area contributed by atoms with E-state index in [4.69, 9.17) is 0 Å². The zero-order valence-corrected chi connectivity index (χ0v) is 18.9. The number of rotatable bonds is 5. The van der Waals surface area contributed by atoms with Crippen LogP contribution in [0.3, 0.4) is 0 Å². The molecule has 168 valence electrons. The van der Waals surface area contributed by atoms with Crippen LogP contribution in [0.25, 0.3) is 0 Å². The second-order valence-electron chi connectivity index (χ2n) is 8.71. The number of carbonyl (C=O) groups is 3. The minimum atomic E-state index is -1.06. The van der Waals surface area contributed by atoms with Crippen molar-refractivity contribution in [1.29, 1.82) is 0 Å². The van der Waals surface area contributed by atoms with Gasteiger partial charge in [-0.1, -0.05) is 43.2 Å². The smallest absolute Gasteiger partial charge is 0.322 e. The number of urea groups is 1. The van der Waals surface area contributed by atoms with E-state index < -0.39 is 11.6 Å². The lowest BCUT2D eigenvalue weighted by molar-refractivity contribution is -0.124. The molecule has 1 unspecified atom stereocenters. The molecule has 0 aliphatic carbocycles. The molecule has 0 radical (unpaired) electrons. The molecule has 2 heterocycles. The highest BCUT2D eigenvalue weighted by atomic mass is 16.2. The first-order valence-corrected chi connectivity index (χ1v) is 11.2. The molecular formula is C25H30N4O3. The molecule has 2 saturated heterocycles. The standard InChI is InChI=1S/C25H30N4O3/c1-4-11-25(23(31)26-24(32)27-25)20-8-6-19(7-9-20)22(30)29-14-12-28(13-15-29)21-10-5-17(2)16-18(21)3/h5-10,16H,4,11-15H2,1-3H3,(H2,26,27,31,32). The Balaban J connectivity index is 1.44. The quantitative estimate of drug-likeness (QED) is 0.709. The van der Waals surface area contributed by atoms with Crippen molar-refractivity contribution in [2.24, 2.45) is 0 Å². The number of hydrogen-bond acceptors (Lipinski definition) is 4. The summed E-state index contributed by atoms with van der Waals surface area (Å²) in [6, 6.07) is 13.1. The molecule has 4 amide bonds. The molecule has 7 heteroatoms. The van der Waals surface area contributed by atoms with E-state index >= 15 is 0 Å². The highest BCUT2D eigenvalue weighted by molar-refractivity contribution is 6.07. The predicted octanol–water partition coefficient (Wildman–Crippen LogP) is 3.10. The zero-order valence-electron chi connectivity index (χ0n) is 18.9. The van der Waals surface area contributed by atoms with Gasteiger partial charge < -0.3 is 15.1 Å². The van der Waals surface area contributed by atoms with E-state index in [0.29, 0.717) is 30.6 Å². The van der Waals surface area contributed by atoms with Crippen LogP contribution in [0.5, 0.6) is 0 Å². The number of nitrogens with zero attached hydrogens (tertiary/aromatic N) is 2. The van der Waals surface area contributed by atoms with Gasteiger partial charge in [0.25, 0.3) is 11.8 Å². The maximum Gasteiger partial charge on any atom is 0.322 e. The van der Waals surface area contributed by atoms with Crippen LogP contribution in [-0.2, 0) is 10.3 Å². The van der Waals surface area contributed by atoms with E-state index in [1.807, 2.05) is 11.8 Å². The third-order valence-corrected chi connectivity index (χ3v) is 6.45. The van der Waals surface area contributed by atoms with Crippen molar-refractivity contribution in [2.75, 3.05) is 31.1 Å². The van der Waals surface area contributed by atoms with Crippen molar-refractivity contribution in [1.82, 2.24) is 15.5 Å². The Morgan fingerprint density at radius 2 is 1.69 bits per heavy atom. The van der Waals surface area contributed by atoms with Crippen molar-refractivity contribution in [3.8, 4) is 0 Å². The van der Waals surface area contributed by atoms with E-state index in [-0.39, 0.29) is 11.8 Å². The first-order valence-electron chi connectivity index (χ1n) is 11.2. The van der Waals surface area contributed by atoms with E-state index in [1.54, 1.807) is 24.3 Å². The first kappa shape index (κ1) is 21.9. The lowest BCUT2D eigenvalue weighted by atomic mass is 9.85. The molecule has 0 aromatic heterocycles. The normalized spacial score (nSPS) is 20.8. The molecule has 0 saturated carbocycles. The van der Waals surface area contributed by atoms with Gasteiger partial charge in [-0.05, 0) is 49.6 Å². The molecule has 2 fully saturated rings. The second kappa shape index (κ2) is 8.65. The number of amides is 4. The van der Waals surface area contributed by atoms with Crippen LogP contribution >= 0.6 is 0 Å². The molecule has 2 aromatic rings. The van der Waals surface area contributed by atoms with Crippen LogP contribution in [0.2, 0.25) is 0 Å². The fourth-order valence-electron chi connectivity index (χ4n) is 4.78. The summed E-state index contributed by atoms with van der Waals surface area (Å²) in [5.74, 6) is -0.354. The fourth-order valence-corrected chi connectivity index (χ4v) is 4.78. The third-order valence-electron chi connectivity index (χ3n) is 6.45. The number of nitrogens with one attached hydrogen (secondary N) is 2. The lowest BCUT2D eigenvalue weighted by Crippen LogP contribution is -2.49.